The Labute approximate surface area is 96.5 Å². The molecule has 0 saturated heterocycles. The Morgan fingerprint density at radius 2 is 2.25 bits per heavy atom. The molecule has 3 heteroatoms. The van der Waals surface area contributed by atoms with Gasteiger partial charge in [-0.2, -0.15) is 0 Å². The van der Waals surface area contributed by atoms with E-state index < -0.39 is 0 Å². The molecule has 0 atom stereocenters. The van der Waals surface area contributed by atoms with Crippen LogP contribution in [-0.2, 0) is 6.54 Å². The predicted molar refractivity (Wildman–Crippen MR) is 65.7 cm³/mol. The Balaban J connectivity index is 1.71. The van der Waals surface area contributed by atoms with Gasteiger partial charge in [0.05, 0.1) is 0 Å². The lowest BCUT2D eigenvalue weighted by Crippen LogP contribution is -2.22. The fourth-order valence-corrected chi connectivity index (χ4v) is 1.83. The molecule has 0 amide bonds. The lowest BCUT2D eigenvalue weighted by atomic mass is 10.2. The number of aromatic nitrogens is 1. The van der Waals surface area contributed by atoms with Gasteiger partial charge in [0.2, 0.25) is 0 Å². The smallest absolute Gasteiger partial charge is 0.253 e. The number of nitrogens with one attached hydrogen (secondary N) is 1. The molecule has 0 bridgehead atoms. The van der Waals surface area contributed by atoms with Crippen LogP contribution in [0.5, 0.6) is 0 Å². The summed E-state index contributed by atoms with van der Waals surface area (Å²) in [5.74, 6) is 0. The van der Waals surface area contributed by atoms with Gasteiger partial charge in [0.1, 0.15) is 0 Å². The largest absolute Gasteiger partial charge is 0.315 e. The van der Waals surface area contributed by atoms with Crippen molar-refractivity contribution >= 4 is 0 Å². The Bertz CT molecular complexity index is 393. The van der Waals surface area contributed by atoms with E-state index in [0.29, 0.717) is 0 Å². The van der Waals surface area contributed by atoms with Gasteiger partial charge in [-0.1, -0.05) is 6.07 Å². The van der Waals surface area contributed by atoms with Crippen molar-refractivity contribution in [3.05, 3.63) is 34.2 Å². The number of rotatable bonds is 6. The minimum absolute atomic E-state index is 0.151. The van der Waals surface area contributed by atoms with Crippen molar-refractivity contribution in [1.29, 1.82) is 0 Å². The van der Waals surface area contributed by atoms with E-state index >= 15 is 0 Å². The summed E-state index contributed by atoms with van der Waals surface area (Å²) in [5.41, 5.74) is 0.983. The van der Waals surface area contributed by atoms with Crippen LogP contribution in [0.25, 0.3) is 0 Å². The first-order valence-corrected chi connectivity index (χ1v) is 6.17. The molecule has 1 aromatic rings. The Hall–Kier alpha value is -1.09. The molecule has 1 fully saturated rings. The summed E-state index contributed by atoms with van der Waals surface area (Å²) >= 11 is 0. The summed E-state index contributed by atoms with van der Waals surface area (Å²) in [6.45, 7) is 3.80. The Morgan fingerprint density at radius 1 is 1.44 bits per heavy atom. The van der Waals surface area contributed by atoms with Gasteiger partial charge in [0, 0.05) is 24.3 Å². The molecule has 0 spiro atoms. The first-order valence-electron chi connectivity index (χ1n) is 6.17. The van der Waals surface area contributed by atoms with Crippen LogP contribution in [0.15, 0.2) is 23.1 Å². The second kappa shape index (κ2) is 5.30. The molecule has 0 aromatic carbocycles. The van der Waals surface area contributed by atoms with Gasteiger partial charge >= 0.3 is 0 Å². The van der Waals surface area contributed by atoms with Crippen LogP contribution in [0.4, 0.5) is 0 Å². The molecule has 2 rings (SSSR count). The minimum atomic E-state index is 0.151. The molecule has 1 aliphatic rings. The van der Waals surface area contributed by atoms with Crippen molar-refractivity contribution in [3.8, 4) is 0 Å². The van der Waals surface area contributed by atoms with Crippen molar-refractivity contribution in [2.45, 2.75) is 45.2 Å². The summed E-state index contributed by atoms with van der Waals surface area (Å²) in [6, 6.07) is 4.61. The number of nitrogens with zero attached hydrogens (tertiary/aromatic N) is 1. The van der Waals surface area contributed by atoms with Gasteiger partial charge in [0.15, 0.2) is 0 Å². The molecule has 16 heavy (non-hydrogen) atoms. The van der Waals surface area contributed by atoms with E-state index in [-0.39, 0.29) is 5.56 Å². The van der Waals surface area contributed by atoms with E-state index in [9.17, 15) is 4.79 Å². The molecular weight excluding hydrogens is 200 g/mol. The highest BCUT2D eigenvalue weighted by Crippen LogP contribution is 2.18. The van der Waals surface area contributed by atoms with Crippen LogP contribution < -0.4 is 10.9 Å². The number of pyridine rings is 1. The average molecular weight is 220 g/mol. The van der Waals surface area contributed by atoms with Crippen LogP contribution in [-0.4, -0.2) is 17.2 Å². The molecule has 0 radical (unpaired) electrons. The zero-order valence-electron chi connectivity index (χ0n) is 9.91. The van der Waals surface area contributed by atoms with Crippen molar-refractivity contribution in [2.75, 3.05) is 6.54 Å². The monoisotopic (exact) mass is 220 g/mol. The predicted octanol–water partition coefficient (Wildman–Crippen LogP) is 1.69. The molecule has 3 nitrogen and oxygen atoms in total. The number of hydrogen-bond donors (Lipinski definition) is 1. The Kier molecular flexibility index (Phi) is 3.78. The van der Waals surface area contributed by atoms with E-state index in [2.05, 4.69) is 5.32 Å². The van der Waals surface area contributed by atoms with Crippen LogP contribution >= 0.6 is 0 Å². The van der Waals surface area contributed by atoms with E-state index in [4.69, 9.17) is 0 Å². The molecule has 1 saturated carbocycles. The van der Waals surface area contributed by atoms with E-state index in [1.807, 2.05) is 29.8 Å². The maximum Gasteiger partial charge on any atom is 0.253 e. The standard InChI is InChI=1S/C13H20N2O/c1-11-5-4-10-15(13(11)16)9-3-2-8-14-12-6-7-12/h4-5,10,12,14H,2-3,6-9H2,1H3. The van der Waals surface area contributed by atoms with Gasteiger partial charge < -0.3 is 9.88 Å². The summed E-state index contributed by atoms with van der Waals surface area (Å²) < 4.78 is 1.81. The summed E-state index contributed by atoms with van der Waals surface area (Å²) in [4.78, 5) is 11.7. The fraction of sp³-hybridized carbons (Fsp3) is 0.615. The molecule has 1 heterocycles. The van der Waals surface area contributed by atoms with Crippen LogP contribution in [0.2, 0.25) is 0 Å². The van der Waals surface area contributed by atoms with Crippen molar-refractivity contribution in [3.63, 3.8) is 0 Å². The second-order valence-corrected chi connectivity index (χ2v) is 4.63. The zero-order valence-corrected chi connectivity index (χ0v) is 9.91. The molecule has 1 aliphatic carbocycles. The van der Waals surface area contributed by atoms with Crippen LogP contribution in [0.3, 0.4) is 0 Å². The molecule has 88 valence electrons. The van der Waals surface area contributed by atoms with Gasteiger partial charge in [-0.3, -0.25) is 4.79 Å². The maximum absolute atomic E-state index is 11.7. The molecular formula is C13H20N2O. The van der Waals surface area contributed by atoms with Gasteiger partial charge in [-0.25, -0.2) is 0 Å². The molecule has 0 aliphatic heterocycles. The topological polar surface area (TPSA) is 34.0 Å². The summed E-state index contributed by atoms with van der Waals surface area (Å²) in [5, 5.41) is 3.48. The lowest BCUT2D eigenvalue weighted by Gasteiger charge is -2.06. The number of hydrogen-bond acceptors (Lipinski definition) is 2. The maximum atomic E-state index is 11.7. The highest BCUT2D eigenvalue weighted by molar-refractivity contribution is 5.07. The quantitative estimate of drug-likeness (QED) is 0.740. The normalized spacial score (nSPS) is 15.3. The fourth-order valence-electron chi connectivity index (χ4n) is 1.83. The molecule has 1 N–H and O–H groups in total. The van der Waals surface area contributed by atoms with E-state index in [0.717, 1.165) is 37.5 Å². The molecule has 1 aromatic heterocycles. The minimum Gasteiger partial charge on any atom is -0.315 e. The third-order valence-corrected chi connectivity index (χ3v) is 3.05. The van der Waals surface area contributed by atoms with Crippen molar-refractivity contribution in [1.82, 2.24) is 9.88 Å². The van der Waals surface area contributed by atoms with Crippen LogP contribution in [0.1, 0.15) is 31.2 Å². The Morgan fingerprint density at radius 3 is 3.00 bits per heavy atom. The highest BCUT2D eigenvalue weighted by atomic mass is 16.1. The zero-order chi connectivity index (χ0) is 11.4. The van der Waals surface area contributed by atoms with Crippen LogP contribution in [0, 0.1) is 6.92 Å². The third kappa shape index (κ3) is 3.20. The average Bonchev–Trinajstić information content (AvgIpc) is 3.07. The summed E-state index contributed by atoms with van der Waals surface area (Å²) in [6.07, 6.45) is 6.79. The van der Waals surface area contributed by atoms with E-state index in [1.165, 1.54) is 12.8 Å². The van der Waals surface area contributed by atoms with Crippen molar-refractivity contribution in [2.24, 2.45) is 0 Å². The van der Waals surface area contributed by atoms with Gasteiger partial charge in [-0.15, -0.1) is 0 Å². The second-order valence-electron chi connectivity index (χ2n) is 4.63. The first kappa shape index (κ1) is 11.4. The van der Waals surface area contributed by atoms with Crippen molar-refractivity contribution < 1.29 is 0 Å². The number of unbranched alkanes of at least 4 members (excludes halogenated alkanes) is 1. The third-order valence-electron chi connectivity index (χ3n) is 3.05. The number of aryl methyl sites for hydroxylation is 2. The highest BCUT2D eigenvalue weighted by Gasteiger charge is 2.19. The lowest BCUT2D eigenvalue weighted by molar-refractivity contribution is 0.557. The molecule has 0 unspecified atom stereocenters. The van der Waals surface area contributed by atoms with E-state index in [1.54, 1.807) is 0 Å². The van der Waals surface area contributed by atoms with Gasteiger partial charge in [-0.05, 0) is 45.2 Å². The van der Waals surface area contributed by atoms with Gasteiger partial charge in [0.25, 0.3) is 5.56 Å². The summed E-state index contributed by atoms with van der Waals surface area (Å²) in [7, 11) is 0. The SMILES string of the molecule is Cc1cccn(CCCCNC2CC2)c1=O. The first-order chi connectivity index (χ1) is 7.77.